The van der Waals surface area contributed by atoms with Crippen LogP contribution in [0.25, 0.3) is 11.0 Å². The van der Waals surface area contributed by atoms with Crippen LogP contribution < -0.4 is 4.74 Å². The van der Waals surface area contributed by atoms with Crippen LogP contribution in [0.15, 0.2) is 28.7 Å². The summed E-state index contributed by atoms with van der Waals surface area (Å²) in [5.41, 5.74) is 0.528. The zero-order valence-corrected chi connectivity index (χ0v) is 12.2. The van der Waals surface area contributed by atoms with Crippen LogP contribution in [-0.4, -0.2) is 42.1 Å². The maximum absolute atomic E-state index is 12.5. The molecule has 6 nitrogen and oxygen atoms in total. The molecule has 2 heterocycles. The lowest BCUT2D eigenvalue weighted by Gasteiger charge is -2.29. The van der Waals surface area contributed by atoms with Gasteiger partial charge in [0.15, 0.2) is 17.1 Å². The van der Waals surface area contributed by atoms with E-state index in [4.69, 9.17) is 14.3 Å². The van der Waals surface area contributed by atoms with Gasteiger partial charge in [0.05, 0.1) is 13.0 Å². The SMILES string of the molecule is COc1cccc2cc(C(=O)N3CCC[C@H](C(=O)O)C3)oc12. The summed E-state index contributed by atoms with van der Waals surface area (Å²) in [6, 6.07) is 7.10. The number of hydrogen-bond donors (Lipinski definition) is 1. The van der Waals surface area contributed by atoms with Gasteiger partial charge in [0.25, 0.3) is 5.91 Å². The van der Waals surface area contributed by atoms with Gasteiger partial charge in [-0.1, -0.05) is 12.1 Å². The molecule has 22 heavy (non-hydrogen) atoms. The van der Waals surface area contributed by atoms with E-state index in [1.165, 1.54) is 0 Å². The first-order chi connectivity index (χ1) is 10.6. The summed E-state index contributed by atoms with van der Waals surface area (Å²) in [5.74, 6) is -0.853. The Morgan fingerprint density at radius 3 is 2.95 bits per heavy atom. The van der Waals surface area contributed by atoms with E-state index >= 15 is 0 Å². The highest BCUT2D eigenvalue weighted by Gasteiger charge is 2.30. The molecule has 116 valence electrons. The number of benzene rings is 1. The number of carboxylic acid groups (broad SMARTS) is 1. The zero-order chi connectivity index (χ0) is 15.7. The molecule has 1 atom stereocenters. The largest absolute Gasteiger partial charge is 0.493 e. The number of amides is 1. The standard InChI is InChI=1S/C16H17NO5/c1-21-12-6-2-4-10-8-13(22-14(10)12)15(18)17-7-3-5-11(9-17)16(19)20/h2,4,6,8,11H,3,5,7,9H2,1H3,(H,19,20)/t11-/m0/s1. The number of furan rings is 1. The molecule has 1 fully saturated rings. The fourth-order valence-electron chi connectivity index (χ4n) is 2.82. The molecule has 0 aliphatic carbocycles. The Hall–Kier alpha value is -2.50. The van der Waals surface area contributed by atoms with Crippen LogP contribution in [-0.2, 0) is 4.79 Å². The van der Waals surface area contributed by atoms with Gasteiger partial charge >= 0.3 is 5.97 Å². The third-order valence-electron chi connectivity index (χ3n) is 4.00. The van der Waals surface area contributed by atoms with E-state index in [-0.39, 0.29) is 18.2 Å². The van der Waals surface area contributed by atoms with E-state index in [0.29, 0.717) is 30.7 Å². The van der Waals surface area contributed by atoms with Crippen LogP contribution in [0, 0.1) is 5.92 Å². The molecule has 0 radical (unpaired) electrons. The second-order valence-corrected chi connectivity index (χ2v) is 5.42. The molecule has 1 aromatic heterocycles. The maximum Gasteiger partial charge on any atom is 0.308 e. The third-order valence-corrected chi connectivity index (χ3v) is 4.00. The number of carbonyl (C=O) groups is 2. The summed E-state index contributed by atoms with van der Waals surface area (Å²) in [4.78, 5) is 25.2. The summed E-state index contributed by atoms with van der Waals surface area (Å²) in [6.07, 6.45) is 1.29. The predicted molar refractivity (Wildman–Crippen MR) is 79.0 cm³/mol. The highest BCUT2D eigenvalue weighted by Crippen LogP contribution is 2.29. The summed E-state index contributed by atoms with van der Waals surface area (Å²) in [7, 11) is 1.54. The molecule has 6 heteroatoms. The Bertz CT molecular complexity index is 720. The summed E-state index contributed by atoms with van der Waals surface area (Å²) < 4.78 is 10.9. The van der Waals surface area contributed by atoms with Crippen molar-refractivity contribution in [2.45, 2.75) is 12.8 Å². The molecule has 1 amide bonds. The minimum Gasteiger partial charge on any atom is -0.493 e. The molecule has 1 aliphatic rings. The lowest BCUT2D eigenvalue weighted by Crippen LogP contribution is -2.42. The number of ether oxygens (including phenoxy) is 1. The van der Waals surface area contributed by atoms with Crippen LogP contribution in [0.5, 0.6) is 5.75 Å². The smallest absolute Gasteiger partial charge is 0.308 e. The van der Waals surface area contributed by atoms with Gasteiger partial charge in [0, 0.05) is 18.5 Å². The number of hydrogen-bond acceptors (Lipinski definition) is 4. The molecule has 0 unspecified atom stereocenters. The molecule has 1 aromatic carbocycles. The summed E-state index contributed by atoms with van der Waals surface area (Å²) in [5, 5.41) is 9.90. The number of carbonyl (C=O) groups excluding carboxylic acids is 1. The second-order valence-electron chi connectivity index (χ2n) is 5.42. The fourth-order valence-corrected chi connectivity index (χ4v) is 2.82. The van der Waals surface area contributed by atoms with Crippen molar-refractivity contribution in [3.8, 4) is 5.75 Å². The third kappa shape index (κ3) is 2.52. The van der Waals surface area contributed by atoms with Gasteiger partial charge in [-0.25, -0.2) is 0 Å². The fraction of sp³-hybridized carbons (Fsp3) is 0.375. The van der Waals surface area contributed by atoms with Crippen LogP contribution in [0.4, 0.5) is 0 Å². The Morgan fingerprint density at radius 1 is 1.41 bits per heavy atom. The van der Waals surface area contributed by atoms with Gasteiger partial charge in [-0.05, 0) is 25.0 Å². The van der Waals surface area contributed by atoms with Crippen molar-refractivity contribution in [1.29, 1.82) is 0 Å². The van der Waals surface area contributed by atoms with Gasteiger partial charge in [-0.3, -0.25) is 9.59 Å². The highest BCUT2D eigenvalue weighted by atomic mass is 16.5. The van der Waals surface area contributed by atoms with Crippen molar-refractivity contribution in [1.82, 2.24) is 4.90 Å². The van der Waals surface area contributed by atoms with Crippen molar-refractivity contribution in [3.05, 3.63) is 30.0 Å². The number of carboxylic acids is 1. The Morgan fingerprint density at radius 2 is 2.23 bits per heavy atom. The molecule has 3 rings (SSSR count). The second kappa shape index (κ2) is 5.71. The first-order valence-corrected chi connectivity index (χ1v) is 7.19. The van der Waals surface area contributed by atoms with Crippen molar-refractivity contribution in [2.24, 2.45) is 5.92 Å². The monoisotopic (exact) mass is 303 g/mol. The van der Waals surface area contributed by atoms with Gasteiger partial charge in [0.1, 0.15) is 0 Å². The lowest BCUT2D eigenvalue weighted by atomic mass is 9.98. The molecule has 0 bridgehead atoms. The van der Waals surface area contributed by atoms with Gasteiger partial charge in [0.2, 0.25) is 0 Å². The van der Waals surface area contributed by atoms with Gasteiger partial charge < -0.3 is 19.2 Å². The predicted octanol–water partition coefficient (Wildman–Crippen LogP) is 2.38. The van der Waals surface area contributed by atoms with Crippen LogP contribution in [0.2, 0.25) is 0 Å². The Balaban J connectivity index is 1.87. The topological polar surface area (TPSA) is 80.0 Å². The van der Waals surface area contributed by atoms with E-state index in [9.17, 15) is 9.59 Å². The van der Waals surface area contributed by atoms with E-state index in [2.05, 4.69) is 0 Å². The zero-order valence-electron chi connectivity index (χ0n) is 12.2. The van der Waals surface area contributed by atoms with Crippen molar-refractivity contribution >= 4 is 22.8 Å². The van der Waals surface area contributed by atoms with Gasteiger partial charge in [-0.15, -0.1) is 0 Å². The summed E-state index contributed by atoms with van der Waals surface area (Å²) >= 11 is 0. The average Bonchev–Trinajstić information content (AvgIpc) is 2.98. The molecular weight excluding hydrogens is 286 g/mol. The maximum atomic E-state index is 12.5. The van der Waals surface area contributed by atoms with Crippen LogP contribution in [0.3, 0.4) is 0 Å². The number of aliphatic carboxylic acids is 1. The Labute approximate surface area is 127 Å². The van der Waals surface area contributed by atoms with Crippen molar-refractivity contribution in [3.63, 3.8) is 0 Å². The van der Waals surface area contributed by atoms with Crippen molar-refractivity contribution < 1.29 is 23.8 Å². The van der Waals surface area contributed by atoms with E-state index in [1.807, 2.05) is 12.1 Å². The van der Waals surface area contributed by atoms with Crippen LogP contribution >= 0.6 is 0 Å². The number of fused-ring (bicyclic) bond motifs is 1. The van der Waals surface area contributed by atoms with Crippen LogP contribution in [0.1, 0.15) is 23.4 Å². The van der Waals surface area contributed by atoms with E-state index < -0.39 is 11.9 Å². The number of para-hydroxylation sites is 1. The Kier molecular flexibility index (Phi) is 3.75. The summed E-state index contributed by atoms with van der Waals surface area (Å²) in [6.45, 7) is 0.777. The van der Waals surface area contributed by atoms with Gasteiger partial charge in [-0.2, -0.15) is 0 Å². The molecular formula is C16H17NO5. The lowest BCUT2D eigenvalue weighted by molar-refractivity contribution is -0.143. The number of rotatable bonds is 3. The minimum absolute atomic E-state index is 0.213. The quantitative estimate of drug-likeness (QED) is 0.941. The number of methoxy groups -OCH3 is 1. The number of nitrogens with zero attached hydrogens (tertiary/aromatic N) is 1. The normalized spacial score (nSPS) is 18.4. The molecule has 1 aliphatic heterocycles. The first-order valence-electron chi connectivity index (χ1n) is 7.19. The molecule has 2 aromatic rings. The average molecular weight is 303 g/mol. The minimum atomic E-state index is -0.858. The highest BCUT2D eigenvalue weighted by molar-refractivity contribution is 5.97. The number of likely N-dealkylation sites (tertiary alicyclic amines) is 1. The van der Waals surface area contributed by atoms with E-state index in [0.717, 1.165) is 5.39 Å². The first kappa shape index (κ1) is 14.4. The molecule has 1 N–H and O–H groups in total. The molecule has 1 saturated heterocycles. The number of piperidine rings is 1. The molecule has 0 saturated carbocycles. The van der Waals surface area contributed by atoms with Crippen molar-refractivity contribution in [2.75, 3.05) is 20.2 Å². The molecule has 0 spiro atoms. The van der Waals surface area contributed by atoms with E-state index in [1.54, 1.807) is 24.1 Å².